The van der Waals surface area contributed by atoms with Crippen molar-refractivity contribution in [1.29, 1.82) is 0 Å². The van der Waals surface area contributed by atoms with Gasteiger partial charge in [-0.3, -0.25) is 0 Å². The third kappa shape index (κ3) is 1.32. The molecule has 0 saturated heterocycles. The van der Waals surface area contributed by atoms with Gasteiger partial charge in [0, 0.05) is 5.41 Å². The third-order valence-electron chi connectivity index (χ3n) is 6.99. The van der Waals surface area contributed by atoms with E-state index in [1.54, 1.807) is 0 Å². The molecule has 0 heterocycles. The molecule has 0 spiro atoms. The van der Waals surface area contributed by atoms with Crippen LogP contribution in [0.25, 0.3) is 0 Å². The number of thiocarbonyl (C=S) groups is 1. The van der Waals surface area contributed by atoms with Crippen LogP contribution in [0.5, 0.6) is 0 Å². The molecule has 5 rings (SSSR count). The van der Waals surface area contributed by atoms with E-state index in [-0.39, 0.29) is 5.41 Å². The van der Waals surface area contributed by atoms with Crippen molar-refractivity contribution in [1.82, 2.24) is 0 Å². The smallest absolute Gasteiger partial charge is 0.0793 e. The van der Waals surface area contributed by atoms with Crippen molar-refractivity contribution in [2.24, 2.45) is 28.4 Å². The summed E-state index contributed by atoms with van der Waals surface area (Å²) in [5.74, 6) is 1.45. The van der Waals surface area contributed by atoms with Crippen molar-refractivity contribution in [3.63, 3.8) is 0 Å². The van der Waals surface area contributed by atoms with Gasteiger partial charge in [0.25, 0.3) is 0 Å². The lowest BCUT2D eigenvalue weighted by Crippen LogP contribution is -2.40. The largest absolute Gasteiger partial charge is 0.393 e. The van der Waals surface area contributed by atoms with Crippen LogP contribution < -0.4 is 5.73 Å². The van der Waals surface area contributed by atoms with Gasteiger partial charge in [-0.05, 0) is 53.9 Å². The Bertz CT molecular complexity index is 578. The Morgan fingerprint density at radius 2 is 1.85 bits per heavy atom. The summed E-state index contributed by atoms with van der Waals surface area (Å²) < 4.78 is 0. The van der Waals surface area contributed by atoms with E-state index >= 15 is 0 Å². The maximum atomic E-state index is 6.25. The fourth-order valence-electron chi connectivity index (χ4n) is 6.01. The van der Waals surface area contributed by atoms with Gasteiger partial charge in [-0.25, -0.2) is 0 Å². The molecule has 0 aliphatic heterocycles. The number of hydrogen-bond acceptors (Lipinski definition) is 1. The molecule has 4 fully saturated rings. The van der Waals surface area contributed by atoms with Gasteiger partial charge in [-0.15, -0.1) is 0 Å². The average Bonchev–Trinajstić information content (AvgIpc) is 2.77. The van der Waals surface area contributed by atoms with Gasteiger partial charge in [0.1, 0.15) is 0 Å². The minimum atomic E-state index is 0.136. The molecule has 4 atom stereocenters. The summed E-state index contributed by atoms with van der Waals surface area (Å²) in [5, 5.41) is 0. The third-order valence-corrected chi connectivity index (χ3v) is 7.40. The van der Waals surface area contributed by atoms with Gasteiger partial charge in [-0.2, -0.15) is 0 Å². The van der Waals surface area contributed by atoms with Crippen molar-refractivity contribution >= 4 is 17.2 Å². The second-order valence-corrected chi connectivity index (χ2v) is 8.47. The molecule has 106 valence electrons. The zero-order valence-electron chi connectivity index (χ0n) is 12.4. The Labute approximate surface area is 126 Å². The van der Waals surface area contributed by atoms with E-state index in [4.69, 9.17) is 18.0 Å². The molecule has 4 saturated carbocycles. The molecular weight excluding hydrogens is 262 g/mol. The lowest BCUT2D eigenvalue weighted by molar-refractivity contribution is 0.0901. The summed E-state index contributed by atoms with van der Waals surface area (Å²) >= 11 is 5.54. The van der Waals surface area contributed by atoms with E-state index in [9.17, 15) is 0 Å². The zero-order valence-corrected chi connectivity index (χ0v) is 13.2. The van der Waals surface area contributed by atoms with Crippen LogP contribution in [-0.4, -0.2) is 4.99 Å². The lowest BCUT2D eigenvalue weighted by atomic mass is 9.58. The Kier molecular flexibility index (Phi) is 2.34. The summed E-state index contributed by atoms with van der Waals surface area (Å²) in [5.41, 5.74) is 8.64. The Balaban J connectivity index is 1.85. The second-order valence-electron chi connectivity index (χ2n) is 8.03. The maximum Gasteiger partial charge on any atom is 0.0793 e. The highest BCUT2D eigenvalue weighted by Gasteiger charge is 2.71. The van der Waals surface area contributed by atoms with Crippen LogP contribution in [0.4, 0.5) is 0 Å². The predicted molar refractivity (Wildman–Crippen MR) is 86.6 cm³/mol. The summed E-state index contributed by atoms with van der Waals surface area (Å²) in [6.45, 7) is 4.89. The molecule has 0 radical (unpaired) electrons. The van der Waals surface area contributed by atoms with Gasteiger partial charge in [0.15, 0.2) is 0 Å². The standard InChI is InChI=1S/C18H23NS/c1-16(2)13-8-17(12-6-4-3-5-7-12)10-14(16)18(9-13,11-17)15(19)20/h3-7,13-14H,8-11H2,1-2H3,(H2,19,20). The van der Waals surface area contributed by atoms with Crippen LogP contribution >= 0.6 is 12.2 Å². The SMILES string of the molecule is CC1(C)C2CC3(c4ccccc4)CC1C(C(N)=S)(C2)C3. The number of rotatable bonds is 2. The van der Waals surface area contributed by atoms with Crippen LogP contribution in [-0.2, 0) is 5.41 Å². The van der Waals surface area contributed by atoms with Crippen LogP contribution in [0.15, 0.2) is 30.3 Å². The topological polar surface area (TPSA) is 26.0 Å². The first-order chi connectivity index (χ1) is 9.41. The first kappa shape index (κ1) is 12.8. The lowest BCUT2D eigenvalue weighted by Gasteiger charge is -2.46. The van der Waals surface area contributed by atoms with Crippen LogP contribution in [0.3, 0.4) is 0 Å². The minimum absolute atomic E-state index is 0.136. The van der Waals surface area contributed by atoms with Crippen molar-refractivity contribution in [3.05, 3.63) is 35.9 Å². The summed E-state index contributed by atoms with van der Waals surface area (Å²) in [6.07, 6.45) is 5.02. The van der Waals surface area contributed by atoms with E-state index in [0.29, 0.717) is 16.7 Å². The highest BCUT2D eigenvalue weighted by atomic mass is 32.1. The van der Waals surface area contributed by atoms with E-state index in [2.05, 4.69) is 44.2 Å². The van der Waals surface area contributed by atoms with Gasteiger partial charge in [0.05, 0.1) is 4.99 Å². The van der Waals surface area contributed by atoms with Crippen molar-refractivity contribution < 1.29 is 0 Å². The van der Waals surface area contributed by atoms with E-state index in [0.717, 1.165) is 10.9 Å². The molecule has 1 aromatic rings. The van der Waals surface area contributed by atoms with Crippen LogP contribution in [0, 0.1) is 22.7 Å². The Hall–Kier alpha value is -0.890. The summed E-state index contributed by atoms with van der Waals surface area (Å²) in [4.78, 5) is 0.788. The van der Waals surface area contributed by atoms with Crippen LogP contribution in [0.2, 0.25) is 0 Å². The van der Waals surface area contributed by atoms with E-state index < -0.39 is 0 Å². The van der Waals surface area contributed by atoms with Gasteiger partial charge < -0.3 is 5.73 Å². The quantitative estimate of drug-likeness (QED) is 0.829. The van der Waals surface area contributed by atoms with Gasteiger partial charge in [-0.1, -0.05) is 56.4 Å². The molecule has 4 aliphatic carbocycles. The van der Waals surface area contributed by atoms with Crippen molar-refractivity contribution in [2.45, 2.75) is 44.9 Å². The molecule has 0 amide bonds. The fraction of sp³-hybridized carbons (Fsp3) is 0.611. The minimum Gasteiger partial charge on any atom is -0.393 e. The average molecular weight is 285 g/mol. The van der Waals surface area contributed by atoms with E-state index in [1.807, 2.05) is 0 Å². The molecule has 2 heteroatoms. The maximum absolute atomic E-state index is 6.25. The summed E-state index contributed by atoms with van der Waals surface area (Å²) in [6, 6.07) is 11.1. The molecular formula is C18H23NS. The molecule has 4 bridgehead atoms. The van der Waals surface area contributed by atoms with Crippen LogP contribution in [0.1, 0.15) is 45.1 Å². The first-order valence-corrected chi connectivity index (χ1v) is 8.17. The van der Waals surface area contributed by atoms with Crippen molar-refractivity contribution in [3.8, 4) is 0 Å². The van der Waals surface area contributed by atoms with E-state index in [1.165, 1.54) is 31.2 Å². The molecule has 1 nitrogen and oxygen atoms in total. The molecule has 4 aliphatic rings. The monoisotopic (exact) mass is 285 g/mol. The Morgan fingerprint density at radius 3 is 2.45 bits per heavy atom. The highest BCUT2D eigenvalue weighted by molar-refractivity contribution is 7.80. The fourth-order valence-corrected chi connectivity index (χ4v) is 6.31. The summed E-state index contributed by atoms with van der Waals surface area (Å²) in [7, 11) is 0. The van der Waals surface area contributed by atoms with Crippen molar-refractivity contribution in [2.75, 3.05) is 0 Å². The van der Waals surface area contributed by atoms with Gasteiger partial charge >= 0.3 is 0 Å². The molecule has 4 unspecified atom stereocenters. The normalized spacial score (nSPS) is 43.9. The Morgan fingerprint density at radius 1 is 1.15 bits per heavy atom. The van der Waals surface area contributed by atoms with Gasteiger partial charge in [0.2, 0.25) is 0 Å². The molecule has 1 aromatic carbocycles. The highest BCUT2D eigenvalue weighted by Crippen LogP contribution is 2.76. The zero-order chi connectivity index (χ0) is 14.2. The second kappa shape index (κ2) is 3.65. The predicted octanol–water partition coefficient (Wildman–Crippen LogP) is 4.06. The molecule has 0 aromatic heterocycles. The number of nitrogens with two attached hydrogens (primary N) is 1. The number of hydrogen-bond donors (Lipinski definition) is 1. The number of benzene rings is 1. The molecule has 2 N–H and O–H groups in total. The first-order valence-electron chi connectivity index (χ1n) is 7.76. The molecule has 20 heavy (non-hydrogen) atoms.